The normalized spacial score (nSPS) is 26.0. The van der Waals surface area contributed by atoms with Gasteiger partial charge in [0.1, 0.15) is 12.7 Å². The number of aryl methyl sites for hydroxylation is 1. The minimum absolute atomic E-state index is 0.466. The molecule has 1 N–H and O–H groups in total. The minimum atomic E-state index is -0.604. The van der Waals surface area contributed by atoms with Crippen molar-refractivity contribution < 1.29 is 13.9 Å². The number of nitrogens with one attached hydrogen (secondary N) is 1. The number of thiophene rings is 1. The Morgan fingerprint density at radius 2 is 2.50 bits per heavy atom. The Morgan fingerprint density at radius 3 is 3.07 bits per heavy atom. The third-order valence-electron chi connectivity index (χ3n) is 2.10. The van der Waals surface area contributed by atoms with Crippen LogP contribution in [-0.4, -0.2) is 18.8 Å². The Bertz CT molecular complexity index is 352. The molecule has 1 aliphatic rings. The molecule has 0 saturated carbocycles. The first-order valence-corrected chi connectivity index (χ1v) is 5.17. The first-order chi connectivity index (χ1) is 6.70. The van der Waals surface area contributed by atoms with Crippen LogP contribution in [-0.2, 0) is 4.74 Å². The summed E-state index contributed by atoms with van der Waals surface area (Å²) >= 11 is 1.48. The lowest BCUT2D eigenvalue weighted by atomic mass is 10.1. The topological polar surface area (TPSA) is 38.3 Å². The Labute approximate surface area is 84.9 Å². The number of ether oxygens (including phenoxy) is 1. The number of alkyl halides is 1. The Kier molecular flexibility index (Phi) is 2.41. The van der Waals surface area contributed by atoms with Crippen LogP contribution in [0.1, 0.15) is 16.5 Å². The highest BCUT2D eigenvalue weighted by atomic mass is 32.1. The van der Waals surface area contributed by atoms with E-state index in [0.717, 1.165) is 10.4 Å². The lowest BCUT2D eigenvalue weighted by Gasteiger charge is -2.11. The highest BCUT2D eigenvalue weighted by Crippen LogP contribution is 2.31. The molecule has 0 spiro atoms. The van der Waals surface area contributed by atoms with E-state index >= 15 is 0 Å². The average Bonchev–Trinajstić information content (AvgIpc) is 2.71. The molecule has 0 aromatic carbocycles. The molecule has 0 bridgehead atoms. The fourth-order valence-corrected chi connectivity index (χ4v) is 2.43. The van der Waals surface area contributed by atoms with Gasteiger partial charge in [-0.3, -0.25) is 0 Å². The van der Waals surface area contributed by atoms with E-state index in [2.05, 4.69) is 5.32 Å². The maximum atomic E-state index is 12.5. The summed E-state index contributed by atoms with van der Waals surface area (Å²) in [7, 11) is 0. The van der Waals surface area contributed by atoms with E-state index in [1.165, 1.54) is 11.3 Å². The Balaban J connectivity index is 2.21. The van der Waals surface area contributed by atoms with Crippen LogP contribution in [0.2, 0.25) is 0 Å². The van der Waals surface area contributed by atoms with Crippen LogP contribution >= 0.6 is 11.3 Å². The molecule has 1 aromatic heterocycles. The molecule has 5 heteroatoms. The Morgan fingerprint density at radius 1 is 1.71 bits per heavy atom. The molecule has 76 valence electrons. The fraction of sp³-hybridized carbons (Fsp3) is 0.444. The second-order valence-electron chi connectivity index (χ2n) is 3.26. The van der Waals surface area contributed by atoms with Gasteiger partial charge >= 0.3 is 6.09 Å². The van der Waals surface area contributed by atoms with E-state index in [9.17, 15) is 9.18 Å². The summed E-state index contributed by atoms with van der Waals surface area (Å²) in [4.78, 5) is 11.8. The molecule has 2 atom stereocenters. The zero-order chi connectivity index (χ0) is 10.1. The zero-order valence-corrected chi connectivity index (χ0v) is 8.44. The van der Waals surface area contributed by atoms with Crippen LogP contribution in [0.3, 0.4) is 0 Å². The summed E-state index contributed by atoms with van der Waals surface area (Å²) in [6, 6.07) is 1.37. The molecular weight excluding hydrogens is 205 g/mol. The zero-order valence-electron chi connectivity index (χ0n) is 7.62. The number of halogens is 1. The number of carbonyl (C=O) groups excluding carboxylic acids is 1. The molecule has 3 nitrogen and oxygen atoms in total. The van der Waals surface area contributed by atoms with Gasteiger partial charge in [-0.2, -0.15) is 0 Å². The summed E-state index contributed by atoms with van der Waals surface area (Å²) < 4.78 is 17.5. The van der Waals surface area contributed by atoms with Gasteiger partial charge in [-0.1, -0.05) is 0 Å². The standard InChI is InChI=1S/C9H10FNO2S/c1-5-2-7(14-4-5)8-6(3-10)11-9(12)13-8/h2,4,6,8H,3H2,1H3,(H,11,12). The third kappa shape index (κ3) is 1.59. The lowest BCUT2D eigenvalue weighted by molar-refractivity contribution is 0.130. The highest BCUT2D eigenvalue weighted by molar-refractivity contribution is 7.10. The number of hydrogen-bond donors (Lipinski definition) is 1. The summed E-state index contributed by atoms with van der Waals surface area (Å²) in [5.74, 6) is 0. The largest absolute Gasteiger partial charge is 0.438 e. The number of amides is 1. The molecule has 1 saturated heterocycles. The second kappa shape index (κ2) is 3.57. The maximum absolute atomic E-state index is 12.5. The van der Waals surface area contributed by atoms with Gasteiger partial charge in [0.05, 0.1) is 0 Å². The van der Waals surface area contributed by atoms with Crippen molar-refractivity contribution in [2.45, 2.75) is 19.1 Å². The van der Waals surface area contributed by atoms with Gasteiger partial charge in [0.2, 0.25) is 0 Å². The Hall–Kier alpha value is -1.10. The van der Waals surface area contributed by atoms with Crippen LogP contribution in [0.4, 0.5) is 9.18 Å². The first kappa shape index (κ1) is 9.45. The monoisotopic (exact) mass is 215 g/mol. The van der Waals surface area contributed by atoms with Gasteiger partial charge in [0, 0.05) is 4.88 Å². The van der Waals surface area contributed by atoms with Crippen molar-refractivity contribution in [1.29, 1.82) is 0 Å². The van der Waals surface area contributed by atoms with Crippen LogP contribution in [0.15, 0.2) is 11.4 Å². The summed E-state index contributed by atoms with van der Waals surface area (Å²) in [6.45, 7) is 1.35. The van der Waals surface area contributed by atoms with Gasteiger partial charge < -0.3 is 10.1 Å². The molecule has 2 heterocycles. The van der Waals surface area contributed by atoms with E-state index in [0.29, 0.717) is 0 Å². The number of carbonyl (C=O) groups is 1. The maximum Gasteiger partial charge on any atom is 0.408 e. The van der Waals surface area contributed by atoms with Gasteiger partial charge in [-0.05, 0) is 23.9 Å². The summed E-state index contributed by atoms with van der Waals surface area (Å²) in [5, 5.41) is 4.39. The highest BCUT2D eigenvalue weighted by Gasteiger charge is 2.35. The van der Waals surface area contributed by atoms with Crippen molar-refractivity contribution in [2.75, 3.05) is 6.67 Å². The van der Waals surface area contributed by atoms with E-state index in [1.54, 1.807) is 0 Å². The predicted octanol–water partition coefficient (Wildman–Crippen LogP) is 2.18. The molecule has 14 heavy (non-hydrogen) atoms. The average molecular weight is 215 g/mol. The predicted molar refractivity (Wildman–Crippen MR) is 51.2 cm³/mol. The van der Waals surface area contributed by atoms with Crippen LogP contribution in [0.25, 0.3) is 0 Å². The van der Waals surface area contributed by atoms with Crippen molar-refractivity contribution in [2.24, 2.45) is 0 Å². The van der Waals surface area contributed by atoms with Gasteiger partial charge in [-0.15, -0.1) is 11.3 Å². The molecule has 2 unspecified atom stereocenters. The van der Waals surface area contributed by atoms with Gasteiger partial charge in [-0.25, -0.2) is 9.18 Å². The van der Waals surface area contributed by atoms with Crippen molar-refractivity contribution >= 4 is 17.4 Å². The smallest absolute Gasteiger partial charge is 0.408 e. The number of alkyl carbamates (subject to hydrolysis) is 1. The van der Waals surface area contributed by atoms with Crippen LogP contribution in [0, 0.1) is 6.92 Å². The molecular formula is C9H10FNO2S. The number of cyclic esters (lactones) is 1. The molecule has 1 fully saturated rings. The molecule has 0 radical (unpaired) electrons. The lowest BCUT2D eigenvalue weighted by Crippen LogP contribution is -2.29. The van der Waals surface area contributed by atoms with Crippen LogP contribution in [0.5, 0.6) is 0 Å². The van der Waals surface area contributed by atoms with Gasteiger partial charge in [0.15, 0.2) is 6.10 Å². The van der Waals surface area contributed by atoms with Crippen molar-refractivity contribution in [3.05, 3.63) is 21.9 Å². The fourth-order valence-electron chi connectivity index (χ4n) is 1.44. The number of rotatable bonds is 2. The van der Waals surface area contributed by atoms with E-state index < -0.39 is 24.9 Å². The summed E-state index contributed by atoms with van der Waals surface area (Å²) in [5.41, 5.74) is 1.10. The quantitative estimate of drug-likeness (QED) is 0.821. The van der Waals surface area contributed by atoms with Gasteiger partial charge in [0.25, 0.3) is 0 Å². The first-order valence-electron chi connectivity index (χ1n) is 4.29. The van der Waals surface area contributed by atoms with Crippen molar-refractivity contribution in [3.8, 4) is 0 Å². The minimum Gasteiger partial charge on any atom is -0.438 e. The molecule has 1 aromatic rings. The third-order valence-corrected chi connectivity index (χ3v) is 3.21. The second-order valence-corrected chi connectivity index (χ2v) is 4.20. The van der Waals surface area contributed by atoms with E-state index in [1.807, 2.05) is 18.4 Å². The SMILES string of the molecule is Cc1csc(C2OC(=O)NC2CF)c1. The van der Waals surface area contributed by atoms with E-state index in [4.69, 9.17) is 4.74 Å². The van der Waals surface area contributed by atoms with Crippen molar-refractivity contribution in [3.63, 3.8) is 0 Å². The summed E-state index contributed by atoms with van der Waals surface area (Å²) in [6.07, 6.45) is -1.00. The molecule has 1 amide bonds. The van der Waals surface area contributed by atoms with E-state index in [-0.39, 0.29) is 0 Å². The molecule has 1 aliphatic heterocycles. The number of hydrogen-bond acceptors (Lipinski definition) is 3. The molecule has 2 rings (SSSR count). The molecule has 0 aliphatic carbocycles. The van der Waals surface area contributed by atoms with Crippen molar-refractivity contribution in [1.82, 2.24) is 5.32 Å². The van der Waals surface area contributed by atoms with Crippen LogP contribution < -0.4 is 5.32 Å².